The van der Waals surface area contributed by atoms with E-state index in [1.54, 1.807) is 12.1 Å². The highest BCUT2D eigenvalue weighted by Gasteiger charge is 2.21. The molecule has 0 heterocycles. The van der Waals surface area contributed by atoms with Gasteiger partial charge in [-0.3, -0.25) is 0 Å². The van der Waals surface area contributed by atoms with E-state index >= 15 is 0 Å². The van der Waals surface area contributed by atoms with Crippen molar-refractivity contribution in [2.75, 3.05) is 0 Å². The van der Waals surface area contributed by atoms with E-state index in [0.717, 1.165) is 10.9 Å². The first-order valence-corrected chi connectivity index (χ1v) is 6.56. The summed E-state index contributed by atoms with van der Waals surface area (Å²) in [6, 6.07) is 4.87. The maximum absolute atomic E-state index is 13.4. The Morgan fingerprint density at radius 3 is 2.81 bits per heavy atom. The third-order valence-electron chi connectivity index (χ3n) is 3.29. The third kappa shape index (κ3) is 3.05. The lowest BCUT2D eigenvalue weighted by molar-refractivity contribution is 0.117. The smallest absolute Gasteiger partial charge is 0.126 e. The molecule has 88 valence electrons. The van der Waals surface area contributed by atoms with Crippen LogP contribution in [0.15, 0.2) is 22.7 Å². The first-order valence-electron chi connectivity index (χ1n) is 5.77. The fourth-order valence-electron chi connectivity index (χ4n) is 2.15. The maximum atomic E-state index is 13.4. The van der Waals surface area contributed by atoms with Crippen LogP contribution < -0.4 is 0 Å². The zero-order chi connectivity index (χ0) is 11.5. The van der Waals surface area contributed by atoms with Crippen molar-refractivity contribution in [1.29, 1.82) is 0 Å². The van der Waals surface area contributed by atoms with Crippen LogP contribution in [0.1, 0.15) is 31.2 Å². The molecule has 1 unspecified atom stereocenters. The summed E-state index contributed by atoms with van der Waals surface area (Å²) in [6.45, 7) is 0. The molecule has 1 saturated carbocycles. The molecule has 1 aliphatic rings. The lowest BCUT2D eigenvalue weighted by Gasteiger charge is -2.27. The summed E-state index contributed by atoms with van der Waals surface area (Å²) in [5, 5.41) is 9.87. The average Bonchev–Trinajstić information content (AvgIpc) is 2.18. The Bertz CT molecular complexity index is 363. The summed E-state index contributed by atoms with van der Waals surface area (Å²) in [4.78, 5) is 0. The Morgan fingerprint density at radius 1 is 1.44 bits per heavy atom. The molecule has 0 spiro atoms. The van der Waals surface area contributed by atoms with Gasteiger partial charge in [-0.15, -0.1) is 0 Å². The summed E-state index contributed by atoms with van der Waals surface area (Å²) in [5.41, 5.74) is 0.598. The van der Waals surface area contributed by atoms with Gasteiger partial charge >= 0.3 is 0 Å². The summed E-state index contributed by atoms with van der Waals surface area (Å²) in [5.74, 6) is 0.432. The van der Waals surface area contributed by atoms with Crippen molar-refractivity contribution in [3.05, 3.63) is 34.1 Å². The highest BCUT2D eigenvalue weighted by atomic mass is 79.9. The molecule has 1 N–H and O–H groups in total. The molecule has 1 aromatic rings. The number of rotatable bonds is 4. The zero-order valence-corrected chi connectivity index (χ0v) is 10.7. The molecule has 0 aliphatic heterocycles. The largest absolute Gasteiger partial charge is 0.393 e. The minimum atomic E-state index is -0.408. The number of aliphatic hydroxyl groups excluding tert-OH is 1. The number of hydrogen-bond acceptors (Lipinski definition) is 1. The van der Waals surface area contributed by atoms with Crippen molar-refractivity contribution >= 4 is 15.9 Å². The van der Waals surface area contributed by atoms with Crippen LogP contribution in [0.4, 0.5) is 4.39 Å². The monoisotopic (exact) mass is 286 g/mol. The minimum Gasteiger partial charge on any atom is -0.393 e. The van der Waals surface area contributed by atoms with Gasteiger partial charge in [-0.05, 0) is 36.1 Å². The Kier molecular flexibility index (Phi) is 3.98. The van der Waals surface area contributed by atoms with E-state index in [2.05, 4.69) is 15.9 Å². The molecule has 0 radical (unpaired) electrons. The quantitative estimate of drug-likeness (QED) is 0.895. The second kappa shape index (κ2) is 5.28. The van der Waals surface area contributed by atoms with Crippen molar-refractivity contribution in [3.63, 3.8) is 0 Å². The summed E-state index contributed by atoms with van der Waals surface area (Å²) in [6.07, 6.45) is 4.54. The van der Waals surface area contributed by atoms with E-state index in [-0.39, 0.29) is 5.82 Å². The Hall–Kier alpha value is -0.410. The van der Waals surface area contributed by atoms with Crippen LogP contribution in [-0.4, -0.2) is 11.2 Å². The van der Waals surface area contributed by atoms with Gasteiger partial charge in [0.25, 0.3) is 0 Å². The third-order valence-corrected chi connectivity index (χ3v) is 3.79. The second-order valence-corrected chi connectivity index (χ2v) is 5.54. The summed E-state index contributed by atoms with van der Waals surface area (Å²) >= 11 is 3.31. The first-order chi connectivity index (χ1) is 7.65. The van der Waals surface area contributed by atoms with E-state index in [9.17, 15) is 9.50 Å². The van der Waals surface area contributed by atoms with E-state index in [0.29, 0.717) is 17.9 Å². The molecule has 16 heavy (non-hydrogen) atoms. The van der Waals surface area contributed by atoms with Crippen LogP contribution in [0.2, 0.25) is 0 Å². The van der Waals surface area contributed by atoms with Gasteiger partial charge in [0.05, 0.1) is 6.10 Å². The van der Waals surface area contributed by atoms with Crippen molar-refractivity contribution < 1.29 is 9.50 Å². The van der Waals surface area contributed by atoms with Crippen LogP contribution in [-0.2, 0) is 6.42 Å². The fraction of sp³-hybridized carbons (Fsp3) is 0.538. The van der Waals surface area contributed by atoms with Crippen LogP contribution in [0, 0.1) is 11.7 Å². The Balaban J connectivity index is 1.93. The molecular formula is C13H16BrFO. The average molecular weight is 287 g/mol. The molecular weight excluding hydrogens is 271 g/mol. The van der Waals surface area contributed by atoms with Crippen molar-refractivity contribution in [1.82, 2.24) is 0 Å². The molecule has 0 aromatic heterocycles. The molecule has 0 bridgehead atoms. The van der Waals surface area contributed by atoms with E-state index in [1.807, 2.05) is 0 Å². The molecule has 1 aromatic carbocycles. The molecule has 2 rings (SSSR count). The van der Waals surface area contributed by atoms with Crippen molar-refractivity contribution in [3.8, 4) is 0 Å². The maximum Gasteiger partial charge on any atom is 0.126 e. The number of hydrogen-bond donors (Lipinski definition) is 1. The highest BCUT2D eigenvalue weighted by molar-refractivity contribution is 9.10. The standard InChI is InChI=1S/C13H16BrFO/c14-11-4-5-13(15)10(7-11)8-12(16)6-9-2-1-3-9/h4-5,7,9,12,16H,1-3,6,8H2. The predicted molar refractivity (Wildman–Crippen MR) is 65.8 cm³/mol. The minimum absolute atomic E-state index is 0.226. The van der Waals surface area contributed by atoms with Crippen LogP contribution in [0.3, 0.4) is 0 Å². The molecule has 1 fully saturated rings. The van der Waals surface area contributed by atoms with Gasteiger partial charge in [0.2, 0.25) is 0 Å². The lowest BCUT2D eigenvalue weighted by Crippen LogP contribution is -2.21. The van der Waals surface area contributed by atoms with Gasteiger partial charge in [0, 0.05) is 10.9 Å². The molecule has 3 heteroatoms. The molecule has 1 aliphatic carbocycles. The van der Waals surface area contributed by atoms with Crippen molar-refractivity contribution in [2.45, 2.75) is 38.2 Å². The predicted octanol–water partition coefficient (Wildman–Crippen LogP) is 3.68. The van der Waals surface area contributed by atoms with Gasteiger partial charge < -0.3 is 5.11 Å². The Labute approximate surface area is 104 Å². The van der Waals surface area contributed by atoms with Gasteiger partial charge in [-0.25, -0.2) is 4.39 Å². The van der Waals surface area contributed by atoms with Crippen LogP contribution in [0.25, 0.3) is 0 Å². The fourth-order valence-corrected chi connectivity index (χ4v) is 2.56. The number of aliphatic hydroxyl groups is 1. The normalized spacial score (nSPS) is 18.2. The highest BCUT2D eigenvalue weighted by Crippen LogP contribution is 2.31. The molecule has 0 amide bonds. The van der Waals surface area contributed by atoms with Crippen LogP contribution >= 0.6 is 15.9 Å². The molecule has 1 nitrogen and oxygen atoms in total. The van der Waals surface area contributed by atoms with Gasteiger partial charge in [-0.2, -0.15) is 0 Å². The van der Waals surface area contributed by atoms with Crippen molar-refractivity contribution in [2.24, 2.45) is 5.92 Å². The zero-order valence-electron chi connectivity index (χ0n) is 9.13. The number of benzene rings is 1. The lowest BCUT2D eigenvalue weighted by atomic mass is 9.80. The van der Waals surface area contributed by atoms with Gasteiger partial charge in [0.15, 0.2) is 0 Å². The molecule has 0 saturated heterocycles. The van der Waals surface area contributed by atoms with Crippen LogP contribution in [0.5, 0.6) is 0 Å². The van der Waals surface area contributed by atoms with Gasteiger partial charge in [-0.1, -0.05) is 35.2 Å². The first kappa shape index (κ1) is 12.1. The topological polar surface area (TPSA) is 20.2 Å². The van der Waals surface area contributed by atoms with E-state index < -0.39 is 6.10 Å². The summed E-state index contributed by atoms with van der Waals surface area (Å²) < 4.78 is 14.3. The Morgan fingerprint density at radius 2 is 2.19 bits per heavy atom. The summed E-state index contributed by atoms with van der Waals surface area (Å²) in [7, 11) is 0. The SMILES string of the molecule is OC(Cc1cc(Br)ccc1F)CC1CCC1. The van der Waals surface area contributed by atoms with E-state index in [4.69, 9.17) is 0 Å². The van der Waals surface area contributed by atoms with E-state index in [1.165, 1.54) is 25.3 Å². The second-order valence-electron chi connectivity index (χ2n) is 4.63. The number of halogens is 2. The van der Waals surface area contributed by atoms with Gasteiger partial charge in [0.1, 0.15) is 5.82 Å². The molecule has 1 atom stereocenters.